The van der Waals surface area contributed by atoms with Gasteiger partial charge in [-0.05, 0) is 42.3 Å². The second kappa shape index (κ2) is 10.4. The zero-order chi connectivity index (χ0) is 23.2. The molecule has 1 N–H and O–H groups in total. The van der Waals surface area contributed by atoms with Crippen LogP contribution in [0.1, 0.15) is 29.3 Å². The SMILES string of the molecule is CCCNC(=O)c1ccc2c(=O)n(-c3cccc(OC)c3)c(SCc3ccccc3)nc2c1. The molecule has 1 heterocycles. The fourth-order valence-electron chi connectivity index (χ4n) is 3.44. The smallest absolute Gasteiger partial charge is 0.266 e. The third-order valence-corrected chi connectivity index (χ3v) is 6.17. The minimum Gasteiger partial charge on any atom is -0.497 e. The molecule has 1 amide bonds. The molecule has 33 heavy (non-hydrogen) atoms. The molecule has 6 nitrogen and oxygen atoms in total. The molecule has 0 spiro atoms. The number of carbonyl (C=O) groups excluding carboxylic acids is 1. The third-order valence-electron chi connectivity index (χ3n) is 5.16. The Morgan fingerprint density at radius 2 is 1.88 bits per heavy atom. The highest BCUT2D eigenvalue weighted by molar-refractivity contribution is 7.98. The van der Waals surface area contributed by atoms with Crippen molar-refractivity contribution in [3.63, 3.8) is 0 Å². The quantitative estimate of drug-likeness (QED) is 0.302. The summed E-state index contributed by atoms with van der Waals surface area (Å²) in [6.07, 6.45) is 0.850. The van der Waals surface area contributed by atoms with Crippen LogP contribution in [-0.4, -0.2) is 29.1 Å². The van der Waals surface area contributed by atoms with Gasteiger partial charge in [-0.2, -0.15) is 0 Å². The maximum absolute atomic E-state index is 13.6. The number of fused-ring (bicyclic) bond motifs is 1. The standard InChI is InChI=1S/C26H25N3O3S/c1-3-14-27-24(30)19-12-13-22-23(15-19)28-26(33-17-18-8-5-4-6-9-18)29(25(22)31)20-10-7-11-21(16-20)32-2/h4-13,15-16H,3,14,17H2,1-2H3,(H,27,30). The molecule has 1 aromatic heterocycles. The van der Waals surface area contributed by atoms with Crippen molar-refractivity contribution in [3.05, 3.63) is 94.3 Å². The van der Waals surface area contributed by atoms with Gasteiger partial charge in [-0.3, -0.25) is 14.2 Å². The third kappa shape index (κ3) is 5.09. The lowest BCUT2D eigenvalue weighted by atomic mass is 10.1. The van der Waals surface area contributed by atoms with Crippen molar-refractivity contribution in [3.8, 4) is 11.4 Å². The number of ether oxygens (including phenoxy) is 1. The molecule has 0 aliphatic carbocycles. The van der Waals surface area contributed by atoms with Gasteiger partial charge >= 0.3 is 0 Å². The van der Waals surface area contributed by atoms with Gasteiger partial charge in [0.25, 0.3) is 11.5 Å². The van der Waals surface area contributed by atoms with Crippen molar-refractivity contribution in [2.75, 3.05) is 13.7 Å². The lowest BCUT2D eigenvalue weighted by molar-refractivity contribution is 0.0954. The molecule has 0 unspecified atom stereocenters. The van der Waals surface area contributed by atoms with Crippen molar-refractivity contribution >= 4 is 28.6 Å². The van der Waals surface area contributed by atoms with Gasteiger partial charge in [0.15, 0.2) is 5.16 Å². The highest BCUT2D eigenvalue weighted by atomic mass is 32.2. The first kappa shape index (κ1) is 22.6. The van der Waals surface area contributed by atoms with E-state index in [1.807, 2.05) is 61.5 Å². The van der Waals surface area contributed by atoms with Gasteiger partial charge < -0.3 is 10.1 Å². The fraction of sp³-hybridized carbons (Fsp3) is 0.192. The predicted octanol–water partition coefficient (Wildman–Crippen LogP) is 4.83. The lowest BCUT2D eigenvalue weighted by Gasteiger charge is -2.14. The molecule has 0 aliphatic heterocycles. The van der Waals surface area contributed by atoms with Crippen molar-refractivity contribution < 1.29 is 9.53 Å². The number of nitrogens with one attached hydrogen (secondary N) is 1. The Balaban J connectivity index is 1.83. The van der Waals surface area contributed by atoms with Gasteiger partial charge in [0.2, 0.25) is 0 Å². The summed E-state index contributed by atoms with van der Waals surface area (Å²) in [6.45, 7) is 2.60. The Bertz CT molecular complexity index is 1340. The van der Waals surface area contributed by atoms with E-state index >= 15 is 0 Å². The van der Waals surface area contributed by atoms with Crippen LogP contribution in [-0.2, 0) is 5.75 Å². The highest BCUT2D eigenvalue weighted by Gasteiger charge is 2.16. The largest absolute Gasteiger partial charge is 0.497 e. The number of hydrogen-bond donors (Lipinski definition) is 1. The molecule has 3 aromatic carbocycles. The summed E-state index contributed by atoms with van der Waals surface area (Å²) in [7, 11) is 1.59. The number of thioether (sulfide) groups is 1. The molecule has 0 atom stereocenters. The van der Waals surface area contributed by atoms with Crippen molar-refractivity contribution in [1.29, 1.82) is 0 Å². The van der Waals surface area contributed by atoms with E-state index in [2.05, 4.69) is 5.32 Å². The molecule has 0 fully saturated rings. The Kier molecular flexibility index (Phi) is 7.10. The van der Waals surface area contributed by atoms with Crippen LogP contribution >= 0.6 is 11.8 Å². The fourth-order valence-corrected chi connectivity index (χ4v) is 4.41. The van der Waals surface area contributed by atoms with Crippen LogP contribution in [0.15, 0.2) is 82.7 Å². The summed E-state index contributed by atoms with van der Waals surface area (Å²) in [5.74, 6) is 1.14. The van der Waals surface area contributed by atoms with Gasteiger partial charge in [-0.1, -0.05) is 55.1 Å². The number of amides is 1. The topological polar surface area (TPSA) is 73.2 Å². The minimum absolute atomic E-state index is 0.170. The van der Waals surface area contributed by atoms with Gasteiger partial charge in [0.05, 0.1) is 23.7 Å². The second-order valence-electron chi connectivity index (χ2n) is 7.50. The average molecular weight is 460 g/mol. The number of benzene rings is 3. The van der Waals surface area contributed by atoms with Crippen LogP contribution in [0.3, 0.4) is 0 Å². The van der Waals surface area contributed by atoms with E-state index in [1.165, 1.54) is 11.8 Å². The van der Waals surface area contributed by atoms with Gasteiger partial charge in [-0.25, -0.2) is 4.98 Å². The van der Waals surface area contributed by atoms with Crippen LogP contribution in [0.2, 0.25) is 0 Å². The summed E-state index contributed by atoms with van der Waals surface area (Å²) in [4.78, 5) is 30.8. The van der Waals surface area contributed by atoms with Crippen molar-refractivity contribution in [1.82, 2.24) is 14.9 Å². The van der Waals surface area contributed by atoms with Crippen LogP contribution < -0.4 is 15.6 Å². The Hall–Kier alpha value is -3.58. The first-order valence-corrected chi connectivity index (χ1v) is 11.8. The molecule has 0 saturated heterocycles. The van der Waals surface area contributed by atoms with E-state index < -0.39 is 0 Å². The number of methoxy groups -OCH3 is 1. The number of carbonyl (C=O) groups is 1. The second-order valence-corrected chi connectivity index (χ2v) is 8.44. The van der Waals surface area contributed by atoms with Crippen molar-refractivity contribution in [2.45, 2.75) is 24.3 Å². The molecule has 0 radical (unpaired) electrons. The van der Waals surface area contributed by atoms with Crippen LogP contribution in [0.25, 0.3) is 16.6 Å². The molecule has 4 aromatic rings. The number of aromatic nitrogens is 2. The molecule has 0 saturated carbocycles. The van der Waals surface area contributed by atoms with E-state index in [0.29, 0.717) is 45.4 Å². The molecular formula is C26H25N3O3S. The van der Waals surface area contributed by atoms with Gasteiger partial charge in [0, 0.05) is 23.9 Å². The number of hydrogen-bond acceptors (Lipinski definition) is 5. The molecule has 168 valence electrons. The summed E-state index contributed by atoms with van der Waals surface area (Å²) in [5.41, 5.74) is 2.60. The van der Waals surface area contributed by atoms with Crippen LogP contribution in [0.4, 0.5) is 0 Å². The monoisotopic (exact) mass is 459 g/mol. The summed E-state index contributed by atoms with van der Waals surface area (Å²) >= 11 is 1.48. The number of nitrogens with zero attached hydrogens (tertiary/aromatic N) is 2. The van der Waals surface area contributed by atoms with Crippen LogP contribution in [0.5, 0.6) is 5.75 Å². The summed E-state index contributed by atoms with van der Waals surface area (Å²) < 4.78 is 6.97. The molecule has 0 aliphatic rings. The normalized spacial score (nSPS) is 10.8. The first-order chi connectivity index (χ1) is 16.1. The van der Waals surface area contributed by atoms with Gasteiger partial charge in [-0.15, -0.1) is 0 Å². The molecule has 7 heteroatoms. The molecular weight excluding hydrogens is 434 g/mol. The minimum atomic E-state index is -0.190. The predicted molar refractivity (Wildman–Crippen MR) is 133 cm³/mol. The van der Waals surface area contributed by atoms with E-state index in [0.717, 1.165) is 12.0 Å². The van der Waals surface area contributed by atoms with Gasteiger partial charge in [0.1, 0.15) is 5.75 Å². The first-order valence-electron chi connectivity index (χ1n) is 10.8. The summed E-state index contributed by atoms with van der Waals surface area (Å²) in [6, 6.07) is 22.4. The molecule has 4 rings (SSSR count). The zero-order valence-corrected chi connectivity index (χ0v) is 19.4. The number of rotatable bonds is 8. The Morgan fingerprint density at radius 3 is 2.64 bits per heavy atom. The van der Waals surface area contributed by atoms with E-state index in [-0.39, 0.29) is 11.5 Å². The Morgan fingerprint density at radius 1 is 1.06 bits per heavy atom. The van der Waals surface area contributed by atoms with Crippen molar-refractivity contribution in [2.24, 2.45) is 0 Å². The highest BCUT2D eigenvalue weighted by Crippen LogP contribution is 2.26. The maximum atomic E-state index is 13.6. The molecule has 0 bridgehead atoms. The summed E-state index contributed by atoms with van der Waals surface area (Å²) in [5, 5.41) is 3.87. The average Bonchev–Trinajstić information content (AvgIpc) is 2.86. The zero-order valence-electron chi connectivity index (χ0n) is 18.6. The van der Waals surface area contributed by atoms with E-state index in [4.69, 9.17) is 9.72 Å². The van der Waals surface area contributed by atoms with Crippen LogP contribution in [0, 0.1) is 0 Å². The lowest BCUT2D eigenvalue weighted by Crippen LogP contribution is -2.25. The Labute approximate surface area is 196 Å². The van der Waals surface area contributed by atoms with E-state index in [9.17, 15) is 9.59 Å². The van der Waals surface area contributed by atoms with E-state index in [1.54, 1.807) is 29.9 Å². The maximum Gasteiger partial charge on any atom is 0.266 e.